The van der Waals surface area contributed by atoms with Gasteiger partial charge in [0.05, 0.1) is 22.0 Å². The molecule has 0 unspecified atom stereocenters. The number of carbonyl (C=O) groups excluding carboxylic acids is 2. The van der Waals surface area contributed by atoms with E-state index in [0.29, 0.717) is 21.7 Å². The standard InChI is InChI=1S/C21H20N6O2S2/c1-13(22-19(29)14-8-4-3-5-9-14)18-25-26-21(27(18)2)30-12-17(28)24-20-23-15-10-6-7-11-16(15)31-20/h3-11,13H,12H2,1-2H3,(H,22,29)(H,23,24,28)/t13-/m0/s1. The summed E-state index contributed by atoms with van der Waals surface area (Å²) in [7, 11) is 1.81. The summed E-state index contributed by atoms with van der Waals surface area (Å²) in [5.41, 5.74) is 1.44. The summed E-state index contributed by atoms with van der Waals surface area (Å²) >= 11 is 2.71. The number of para-hydroxylation sites is 1. The minimum atomic E-state index is -0.337. The lowest BCUT2D eigenvalue weighted by atomic mass is 10.2. The van der Waals surface area contributed by atoms with Gasteiger partial charge in [0.2, 0.25) is 5.91 Å². The van der Waals surface area contributed by atoms with E-state index in [9.17, 15) is 9.59 Å². The second kappa shape index (κ2) is 9.27. The normalized spacial score (nSPS) is 11.9. The van der Waals surface area contributed by atoms with Crippen LogP contribution in [0.15, 0.2) is 59.8 Å². The van der Waals surface area contributed by atoms with E-state index in [1.807, 2.05) is 56.4 Å². The Labute approximate surface area is 187 Å². The molecule has 0 fully saturated rings. The van der Waals surface area contributed by atoms with Gasteiger partial charge >= 0.3 is 0 Å². The molecule has 0 aliphatic heterocycles. The third kappa shape index (κ3) is 4.92. The molecule has 158 valence electrons. The summed E-state index contributed by atoms with van der Waals surface area (Å²) in [6.45, 7) is 1.85. The molecule has 0 saturated carbocycles. The lowest BCUT2D eigenvalue weighted by Gasteiger charge is -2.13. The van der Waals surface area contributed by atoms with Crippen LogP contribution in [0.5, 0.6) is 0 Å². The summed E-state index contributed by atoms with van der Waals surface area (Å²) in [6, 6.07) is 16.4. The van der Waals surface area contributed by atoms with Crippen LogP contribution >= 0.6 is 23.1 Å². The molecular weight excluding hydrogens is 432 g/mol. The van der Waals surface area contributed by atoms with Crippen LogP contribution in [0.1, 0.15) is 29.1 Å². The van der Waals surface area contributed by atoms with Crippen LogP contribution in [0.4, 0.5) is 5.13 Å². The van der Waals surface area contributed by atoms with Crippen molar-refractivity contribution in [1.82, 2.24) is 25.1 Å². The van der Waals surface area contributed by atoms with Crippen LogP contribution in [-0.4, -0.2) is 37.3 Å². The molecule has 1 atom stereocenters. The number of amides is 2. The van der Waals surface area contributed by atoms with Gasteiger partial charge in [-0.1, -0.05) is 53.4 Å². The third-order valence-corrected chi connectivity index (χ3v) is 6.48. The quantitative estimate of drug-likeness (QED) is 0.415. The number of hydrogen-bond donors (Lipinski definition) is 2. The monoisotopic (exact) mass is 452 g/mol. The first kappa shape index (κ1) is 21.0. The SMILES string of the molecule is C[C@H](NC(=O)c1ccccc1)c1nnc(SCC(=O)Nc2nc3ccccc3s2)n1C. The van der Waals surface area contributed by atoms with Gasteiger partial charge in [-0.3, -0.25) is 9.59 Å². The van der Waals surface area contributed by atoms with Crippen molar-refractivity contribution in [3.8, 4) is 0 Å². The number of nitrogens with one attached hydrogen (secondary N) is 2. The number of fused-ring (bicyclic) bond motifs is 1. The highest BCUT2D eigenvalue weighted by Crippen LogP contribution is 2.26. The first-order valence-electron chi connectivity index (χ1n) is 9.54. The molecule has 31 heavy (non-hydrogen) atoms. The fourth-order valence-corrected chi connectivity index (χ4v) is 4.57. The van der Waals surface area contributed by atoms with Crippen molar-refractivity contribution < 1.29 is 9.59 Å². The first-order valence-corrected chi connectivity index (χ1v) is 11.3. The molecule has 0 aliphatic rings. The van der Waals surface area contributed by atoms with E-state index in [1.54, 1.807) is 16.7 Å². The van der Waals surface area contributed by atoms with Crippen LogP contribution < -0.4 is 10.6 Å². The van der Waals surface area contributed by atoms with Gasteiger partial charge in [0.1, 0.15) is 0 Å². The van der Waals surface area contributed by atoms with Gasteiger partial charge in [0.15, 0.2) is 16.1 Å². The lowest BCUT2D eigenvalue weighted by molar-refractivity contribution is -0.113. The molecule has 0 spiro atoms. The Hall–Kier alpha value is -3.24. The van der Waals surface area contributed by atoms with Crippen molar-refractivity contribution in [3.63, 3.8) is 0 Å². The molecule has 2 aromatic carbocycles. The minimum Gasteiger partial charge on any atom is -0.342 e. The highest BCUT2D eigenvalue weighted by Gasteiger charge is 2.19. The van der Waals surface area contributed by atoms with Crippen molar-refractivity contribution in [2.45, 2.75) is 18.1 Å². The maximum atomic E-state index is 12.4. The van der Waals surface area contributed by atoms with Crippen molar-refractivity contribution in [3.05, 3.63) is 66.0 Å². The molecule has 2 aromatic heterocycles. The van der Waals surface area contributed by atoms with Crippen molar-refractivity contribution >= 4 is 50.3 Å². The number of hydrogen-bond acceptors (Lipinski definition) is 7. The number of benzene rings is 2. The smallest absolute Gasteiger partial charge is 0.251 e. The van der Waals surface area contributed by atoms with E-state index in [2.05, 4.69) is 25.8 Å². The summed E-state index contributed by atoms with van der Waals surface area (Å²) in [5, 5.41) is 15.3. The minimum absolute atomic E-state index is 0.168. The van der Waals surface area contributed by atoms with Gasteiger partial charge in [-0.15, -0.1) is 10.2 Å². The predicted octanol–water partition coefficient (Wildman–Crippen LogP) is 3.65. The van der Waals surface area contributed by atoms with Crippen molar-refractivity contribution in [2.75, 3.05) is 11.1 Å². The highest BCUT2D eigenvalue weighted by atomic mass is 32.2. The Balaban J connectivity index is 1.34. The Morgan fingerprint density at radius 3 is 2.61 bits per heavy atom. The Bertz CT molecular complexity index is 1190. The average Bonchev–Trinajstić information content (AvgIpc) is 3.35. The molecule has 4 aromatic rings. The molecule has 0 saturated heterocycles. The van der Waals surface area contributed by atoms with Crippen LogP contribution in [-0.2, 0) is 11.8 Å². The zero-order chi connectivity index (χ0) is 21.8. The number of nitrogens with zero attached hydrogens (tertiary/aromatic N) is 4. The second-order valence-electron chi connectivity index (χ2n) is 6.78. The van der Waals surface area contributed by atoms with Gasteiger partial charge in [-0.05, 0) is 31.2 Å². The van der Waals surface area contributed by atoms with Gasteiger partial charge in [-0.2, -0.15) is 0 Å². The van der Waals surface area contributed by atoms with Crippen molar-refractivity contribution in [1.29, 1.82) is 0 Å². The van der Waals surface area contributed by atoms with E-state index >= 15 is 0 Å². The van der Waals surface area contributed by atoms with E-state index in [0.717, 1.165) is 10.2 Å². The molecular formula is C21H20N6O2S2. The van der Waals surface area contributed by atoms with Gasteiger partial charge in [0.25, 0.3) is 5.91 Å². The molecule has 2 N–H and O–H groups in total. The van der Waals surface area contributed by atoms with Crippen LogP contribution in [0.3, 0.4) is 0 Å². The fraction of sp³-hybridized carbons (Fsp3) is 0.190. The highest BCUT2D eigenvalue weighted by molar-refractivity contribution is 7.99. The number of aromatic nitrogens is 4. The number of anilines is 1. The molecule has 0 bridgehead atoms. The number of carbonyl (C=O) groups is 2. The Morgan fingerprint density at radius 1 is 1.10 bits per heavy atom. The zero-order valence-corrected chi connectivity index (χ0v) is 18.5. The van der Waals surface area contributed by atoms with E-state index < -0.39 is 0 Å². The van der Waals surface area contributed by atoms with E-state index in [1.165, 1.54) is 23.1 Å². The molecule has 0 radical (unpaired) electrons. The maximum Gasteiger partial charge on any atom is 0.251 e. The van der Waals surface area contributed by atoms with Gasteiger partial charge in [-0.25, -0.2) is 4.98 Å². The Kier molecular flexibility index (Phi) is 6.28. The lowest BCUT2D eigenvalue weighted by Crippen LogP contribution is -2.28. The molecule has 0 aliphatic carbocycles. The summed E-state index contributed by atoms with van der Waals surface area (Å²) < 4.78 is 2.81. The molecule has 8 nitrogen and oxygen atoms in total. The fourth-order valence-electron chi connectivity index (χ4n) is 2.97. The van der Waals surface area contributed by atoms with Crippen LogP contribution in [0.25, 0.3) is 10.2 Å². The summed E-state index contributed by atoms with van der Waals surface area (Å²) in [6.07, 6.45) is 0. The summed E-state index contributed by atoms with van der Waals surface area (Å²) in [4.78, 5) is 29.1. The Morgan fingerprint density at radius 2 is 1.84 bits per heavy atom. The molecule has 2 amide bonds. The van der Waals surface area contributed by atoms with Crippen molar-refractivity contribution in [2.24, 2.45) is 7.05 Å². The average molecular weight is 453 g/mol. The van der Waals surface area contributed by atoms with Gasteiger partial charge in [0, 0.05) is 12.6 Å². The molecule has 2 heterocycles. The maximum absolute atomic E-state index is 12.4. The molecule has 4 rings (SSSR count). The summed E-state index contributed by atoms with van der Waals surface area (Å²) in [5.74, 6) is 0.435. The third-order valence-electron chi connectivity index (χ3n) is 4.51. The number of rotatable bonds is 7. The van der Waals surface area contributed by atoms with E-state index in [4.69, 9.17) is 0 Å². The van der Waals surface area contributed by atoms with Gasteiger partial charge < -0.3 is 15.2 Å². The topological polar surface area (TPSA) is 102 Å². The second-order valence-corrected chi connectivity index (χ2v) is 8.76. The van der Waals surface area contributed by atoms with E-state index in [-0.39, 0.29) is 23.6 Å². The molecule has 10 heteroatoms. The largest absolute Gasteiger partial charge is 0.342 e. The zero-order valence-electron chi connectivity index (χ0n) is 16.9. The number of thioether (sulfide) groups is 1. The van der Waals surface area contributed by atoms with Crippen LogP contribution in [0, 0.1) is 0 Å². The first-order chi connectivity index (χ1) is 15.0. The predicted molar refractivity (Wildman–Crippen MR) is 122 cm³/mol. The van der Waals surface area contributed by atoms with Crippen LogP contribution in [0.2, 0.25) is 0 Å². The number of thiazole rings is 1.